The lowest BCUT2D eigenvalue weighted by atomic mass is 10.1. The number of amides is 1. The molecular formula is C21H27N3O. The van der Waals surface area contributed by atoms with Crippen LogP contribution in [-0.2, 0) is 0 Å². The van der Waals surface area contributed by atoms with Crippen molar-refractivity contribution in [3.05, 3.63) is 60.2 Å². The summed E-state index contributed by atoms with van der Waals surface area (Å²) in [6, 6.07) is 17.8. The highest BCUT2D eigenvalue weighted by Gasteiger charge is 2.28. The molecule has 1 unspecified atom stereocenters. The quantitative estimate of drug-likeness (QED) is 0.870. The summed E-state index contributed by atoms with van der Waals surface area (Å²) in [7, 11) is 2.14. The van der Waals surface area contributed by atoms with Crippen molar-refractivity contribution in [2.24, 2.45) is 5.92 Å². The molecule has 3 rings (SSSR count). The molecule has 2 aromatic carbocycles. The number of nitrogens with zero attached hydrogens (tertiary/aromatic N) is 2. The van der Waals surface area contributed by atoms with Gasteiger partial charge in [0.05, 0.1) is 11.3 Å². The molecule has 1 aliphatic rings. The van der Waals surface area contributed by atoms with E-state index in [1.54, 1.807) is 0 Å². The number of carbonyl (C=O) groups excluding carboxylic acids is 1. The van der Waals surface area contributed by atoms with Crippen LogP contribution in [0.5, 0.6) is 0 Å². The van der Waals surface area contributed by atoms with Crippen molar-refractivity contribution in [2.75, 3.05) is 38.5 Å². The van der Waals surface area contributed by atoms with E-state index >= 15 is 0 Å². The molecule has 1 atom stereocenters. The molecule has 4 nitrogen and oxygen atoms in total. The van der Waals surface area contributed by atoms with E-state index < -0.39 is 0 Å². The zero-order chi connectivity index (χ0) is 17.6. The lowest BCUT2D eigenvalue weighted by Crippen LogP contribution is -2.32. The third kappa shape index (κ3) is 4.40. The van der Waals surface area contributed by atoms with Gasteiger partial charge >= 0.3 is 0 Å². The van der Waals surface area contributed by atoms with Crippen molar-refractivity contribution in [3.63, 3.8) is 0 Å². The number of rotatable bonds is 6. The minimum absolute atomic E-state index is 0.126. The predicted molar refractivity (Wildman–Crippen MR) is 103 cm³/mol. The van der Waals surface area contributed by atoms with Crippen LogP contribution in [0.1, 0.15) is 23.7 Å². The zero-order valence-corrected chi connectivity index (χ0v) is 15.1. The molecule has 1 N–H and O–H groups in total. The number of anilines is 2. The van der Waals surface area contributed by atoms with E-state index in [1.165, 1.54) is 0 Å². The average molecular weight is 337 g/mol. The maximum Gasteiger partial charge on any atom is 0.255 e. The molecule has 0 bridgehead atoms. The van der Waals surface area contributed by atoms with Crippen LogP contribution in [0.3, 0.4) is 0 Å². The van der Waals surface area contributed by atoms with Gasteiger partial charge in [0.1, 0.15) is 0 Å². The highest BCUT2D eigenvalue weighted by atomic mass is 16.2. The van der Waals surface area contributed by atoms with Gasteiger partial charge in [0.15, 0.2) is 0 Å². The van der Waals surface area contributed by atoms with Crippen LogP contribution in [0.25, 0.3) is 0 Å². The summed E-state index contributed by atoms with van der Waals surface area (Å²) >= 11 is 0. The largest absolute Gasteiger partial charge is 0.355 e. The molecule has 1 fully saturated rings. The Kier molecular flexibility index (Phi) is 5.71. The minimum Gasteiger partial charge on any atom is -0.355 e. The normalized spacial score (nSPS) is 17.1. The van der Waals surface area contributed by atoms with E-state index in [4.69, 9.17) is 0 Å². The summed E-state index contributed by atoms with van der Waals surface area (Å²) in [5, 5.41) is 3.37. The van der Waals surface area contributed by atoms with Gasteiger partial charge in [-0.05, 0) is 50.2 Å². The van der Waals surface area contributed by atoms with Crippen molar-refractivity contribution in [2.45, 2.75) is 13.3 Å². The highest BCUT2D eigenvalue weighted by molar-refractivity contribution is 6.00. The third-order valence-electron chi connectivity index (χ3n) is 4.89. The molecule has 0 aliphatic carbocycles. The maximum absolute atomic E-state index is 13.0. The fraction of sp³-hybridized carbons (Fsp3) is 0.381. The van der Waals surface area contributed by atoms with Crippen LogP contribution in [0.15, 0.2) is 54.6 Å². The Morgan fingerprint density at radius 1 is 1.16 bits per heavy atom. The number of hydrogen-bond acceptors (Lipinski definition) is 3. The Morgan fingerprint density at radius 3 is 2.64 bits per heavy atom. The molecule has 0 radical (unpaired) electrons. The monoisotopic (exact) mass is 337 g/mol. The first-order valence-corrected chi connectivity index (χ1v) is 9.06. The van der Waals surface area contributed by atoms with Gasteiger partial charge in [-0.2, -0.15) is 0 Å². The summed E-state index contributed by atoms with van der Waals surface area (Å²) in [6.07, 6.45) is 1.09. The van der Waals surface area contributed by atoms with Gasteiger partial charge in [-0.1, -0.05) is 37.3 Å². The second kappa shape index (κ2) is 8.17. The van der Waals surface area contributed by atoms with E-state index in [-0.39, 0.29) is 5.91 Å². The van der Waals surface area contributed by atoms with Gasteiger partial charge in [0.2, 0.25) is 0 Å². The molecule has 0 saturated carbocycles. The smallest absolute Gasteiger partial charge is 0.255 e. The van der Waals surface area contributed by atoms with E-state index in [2.05, 4.69) is 24.2 Å². The molecule has 0 aromatic heterocycles. The molecule has 132 valence electrons. The molecule has 1 heterocycles. The number of benzene rings is 2. The molecule has 1 amide bonds. The second-order valence-corrected chi connectivity index (χ2v) is 6.80. The summed E-state index contributed by atoms with van der Waals surface area (Å²) < 4.78 is 0. The SMILES string of the molecule is CCN(C)CC1CCN(C(=O)c2ccccc2Nc2ccccc2)C1. The summed E-state index contributed by atoms with van der Waals surface area (Å²) in [5.74, 6) is 0.698. The number of likely N-dealkylation sites (tertiary alicyclic amines) is 1. The topological polar surface area (TPSA) is 35.6 Å². The van der Waals surface area contributed by atoms with Gasteiger partial charge in [-0.15, -0.1) is 0 Å². The zero-order valence-electron chi connectivity index (χ0n) is 15.1. The molecule has 1 aliphatic heterocycles. The van der Waals surface area contributed by atoms with Crippen LogP contribution < -0.4 is 5.32 Å². The molecule has 0 spiro atoms. The van der Waals surface area contributed by atoms with Crippen molar-refractivity contribution >= 4 is 17.3 Å². The van der Waals surface area contributed by atoms with Crippen molar-refractivity contribution < 1.29 is 4.79 Å². The lowest BCUT2D eigenvalue weighted by molar-refractivity contribution is 0.0785. The predicted octanol–water partition coefficient (Wildman–Crippen LogP) is 3.84. The molecule has 4 heteroatoms. The lowest BCUT2D eigenvalue weighted by Gasteiger charge is -2.21. The number of nitrogens with one attached hydrogen (secondary N) is 1. The maximum atomic E-state index is 13.0. The summed E-state index contributed by atoms with van der Waals surface area (Å²) in [6.45, 7) is 5.98. The van der Waals surface area contributed by atoms with Gasteiger partial charge in [-0.25, -0.2) is 0 Å². The molecule has 2 aromatic rings. The van der Waals surface area contributed by atoms with Crippen molar-refractivity contribution in [3.8, 4) is 0 Å². The van der Waals surface area contributed by atoms with E-state index in [0.717, 1.165) is 49.5 Å². The molecular weight excluding hydrogens is 310 g/mol. The molecule has 25 heavy (non-hydrogen) atoms. The van der Waals surface area contributed by atoms with Crippen LogP contribution >= 0.6 is 0 Å². The summed E-state index contributed by atoms with van der Waals surface area (Å²) in [4.78, 5) is 17.4. The standard InChI is InChI=1S/C21H27N3O/c1-3-23(2)15-17-13-14-24(16-17)21(25)19-11-7-8-12-20(19)22-18-9-5-4-6-10-18/h4-12,17,22H,3,13-16H2,1-2H3. The summed E-state index contributed by atoms with van der Waals surface area (Å²) in [5.41, 5.74) is 2.61. The average Bonchev–Trinajstić information content (AvgIpc) is 3.11. The highest BCUT2D eigenvalue weighted by Crippen LogP contribution is 2.25. The third-order valence-corrected chi connectivity index (χ3v) is 4.89. The first-order valence-electron chi connectivity index (χ1n) is 9.06. The minimum atomic E-state index is 0.126. The fourth-order valence-corrected chi connectivity index (χ4v) is 3.36. The second-order valence-electron chi connectivity index (χ2n) is 6.80. The van der Waals surface area contributed by atoms with E-state index in [0.29, 0.717) is 5.92 Å². The van der Waals surface area contributed by atoms with Gasteiger partial charge < -0.3 is 15.1 Å². The Hall–Kier alpha value is -2.33. The van der Waals surface area contributed by atoms with Crippen LogP contribution in [-0.4, -0.2) is 48.9 Å². The van der Waals surface area contributed by atoms with E-state index in [1.807, 2.05) is 59.5 Å². The molecule has 1 saturated heterocycles. The number of carbonyl (C=O) groups is 1. The van der Waals surface area contributed by atoms with E-state index in [9.17, 15) is 4.79 Å². The first kappa shape index (κ1) is 17.5. The first-order chi connectivity index (χ1) is 12.2. The number of para-hydroxylation sites is 2. The Balaban J connectivity index is 1.71. The van der Waals surface area contributed by atoms with Gasteiger partial charge in [0, 0.05) is 25.3 Å². The fourth-order valence-electron chi connectivity index (χ4n) is 3.36. The Morgan fingerprint density at radius 2 is 1.88 bits per heavy atom. The van der Waals surface area contributed by atoms with Crippen LogP contribution in [0.4, 0.5) is 11.4 Å². The van der Waals surface area contributed by atoms with Crippen LogP contribution in [0, 0.1) is 5.92 Å². The Labute approximate surface area is 150 Å². The van der Waals surface area contributed by atoms with Crippen molar-refractivity contribution in [1.82, 2.24) is 9.80 Å². The van der Waals surface area contributed by atoms with Crippen molar-refractivity contribution in [1.29, 1.82) is 0 Å². The van der Waals surface area contributed by atoms with Crippen LogP contribution in [0.2, 0.25) is 0 Å². The Bertz CT molecular complexity index is 701. The van der Waals surface area contributed by atoms with Gasteiger partial charge in [-0.3, -0.25) is 4.79 Å². The van der Waals surface area contributed by atoms with Gasteiger partial charge in [0.25, 0.3) is 5.91 Å². The number of hydrogen-bond donors (Lipinski definition) is 1.